The highest BCUT2D eigenvalue weighted by Gasteiger charge is 2.25. The van der Waals surface area contributed by atoms with Gasteiger partial charge < -0.3 is 10.4 Å². The molecule has 1 aromatic rings. The van der Waals surface area contributed by atoms with Crippen molar-refractivity contribution in [3.63, 3.8) is 0 Å². The van der Waals surface area contributed by atoms with Gasteiger partial charge >= 0.3 is 0 Å². The van der Waals surface area contributed by atoms with Crippen molar-refractivity contribution >= 4 is 5.69 Å². The zero-order chi connectivity index (χ0) is 10.8. The van der Waals surface area contributed by atoms with Gasteiger partial charge in [0.2, 0.25) is 0 Å². The van der Waals surface area contributed by atoms with Crippen molar-refractivity contribution in [2.24, 2.45) is 0 Å². The summed E-state index contributed by atoms with van der Waals surface area (Å²) in [7, 11) is 0. The number of rotatable bonds is 2. The Hall–Kier alpha value is -1.09. The molecule has 2 nitrogen and oxygen atoms in total. The summed E-state index contributed by atoms with van der Waals surface area (Å²) in [6, 6.07) is 5.11. The molecule has 82 valence electrons. The minimum atomic E-state index is -0.342. The fourth-order valence-corrected chi connectivity index (χ4v) is 2.05. The first-order valence-electron chi connectivity index (χ1n) is 5.37. The van der Waals surface area contributed by atoms with Gasteiger partial charge in [0, 0.05) is 0 Å². The largest absolute Gasteiger partial charge is 0.391 e. The van der Waals surface area contributed by atoms with E-state index in [9.17, 15) is 9.50 Å². The maximum Gasteiger partial charge on any atom is 0.146 e. The van der Waals surface area contributed by atoms with Crippen LogP contribution in [0.1, 0.15) is 24.8 Å². The van der Waals surface area contributed by atoms with Crippen LogP contribution in [0.5, 0.6) is 0 Å². The molecule has 2 rings (SSSR count). The summed E-state index contributed by atoms with van der Waals surface area (Å²) in [5.41, 5.74) is 1.40. The third kappa shape index (κ3) is 2.29. The summed E-state index contributed by atoms with van der Waals surface area (Å²) in [5, 5.41) is 12.7. The van der Waals surface area contributed by atoms with Gasteiger partial charge in [0.1, 0.15) is 5.82 Å². The SMILES string of the molecule is Cc1ccc(N[C@@H]2CCC[C@H]2O)c(F)c1. The molecule has 0 amide bonds. The topological polar surface area (TPSA) is 32.3 Å². The van der Waals surface area contributed by atoms with E-state index in [2.05, 4.69) is 5.32 Å². The van der Waals surface area contributed by atoms with Gasteiger partial charge in [-0.25, -0.2) is 4.39 Å². The van der Waals surface area contributed by atoms with Crippen LogP contribution < -0.4 is 5.32 Å². The summed E-state index contributed by atoms with van der Waals surface area (Å²) in [6.07, 6.45) is 2.39. The number of aryl methyl sites for hydroxylation is 1. The highest BCUT2D eigenvalue weighted by atomic mass is 19.1. The predicted octanol–water partition coefficient (Wildman–Crippen LogP) is 2.46. The second-order valence-electron chi connectivity index (χ2n) is 4.23. The molecule has 15 heavy (non-hydrogen) atoms. The molecule has 0 unspecified atom stereocenters. The molecular formula is C12H16FNO. The smallest absolute Gasteiger partial charge is 0.146 e. The van der Waals surface area contributed by atoms with Gasteiger partial charge in [-0.05, 0) is 43.9 Å². The van der Waals surface area contributed by atoms with Crippen LogP contribution >= 0.6 is 0 Å². The third-order valence-electron chi connectivity index (χ3n) is 2.94. The predicted molar refractivity (Wildman–Crippen MR) is 58.4 cm³/mol. The molecular weight excluding hydrogens is 193 g/mol. The summed E-state index contributed by atoms with van der Waals surface area (Å²) in [4.78, 5) is 0. The number of nitrogens with one attached hydrogen (secondary N) is 1. The summed E-state index contributed by atoms with van der Waals surface area (Å²) in [6.45, 7) is 1.86. The molecule has 1 aliphatic rings. The Morgan fingerprint density at radius 1 is 1.40 bits per heavy atom. The standard InChI is InChI=1S/C12H16FNO/c1-8-5-6-10(9(13)7-8)14-11-3-2-4-12(11)15/h5-7,11-12,14-15H,2-4H2,1H3/t11-,12-/m1/s1. The van der Waals surface area contributed by atoms with Crippen LogP contribution in [0.15, 0.2) is 18.2 Å². The molecule has 0 radical (unpaired) electrons. The molecule has 0 bridgehead atoms. The molecule has 3 heteroatoms. The summed E-state index contributed by atoms with van der Waals surface area (Å²) in [5.74, 6) is -0.242. The second-order valence-corrected chi connectivity index (χ2v) is 4.23. The Bertz CT molecular complexity index is 353. The first-order valence-corrected chi connectivity index (χ1v) is 5.37. The van der Waals surface area contributed by atoms with E-state index >= 15 is 0 Å². The van der Waals surface area contributed by atoms with E-state index in [0.29, 0.717) is 5.69 Å². The molecule has 0 aliphatic heterocycles. The average molecular weight is 209 g/mol. The van der Waals surface area contributed by atoms with Crippen molar-refractivity contribution in [2.45, 2.75) is 38.3 Å². The number of benzene rings is 1. The van der Waals surface area contributed by atoms with E-state index in [0.717, 1.165) is 24.8 Å². The van der Waals surface area contributed by atoms with Crippen LogP contribution in [-0.4, -0.2) is 17.3 Å². The van der Waals surface area contributed by atoms with Crippen LogP contribution in [0.3, 0.4) is 0 Å². The fraction of sp³-hybridized carbons (Fsp3) is 0.500. The van der Waals surface area contributed by atoms with Crippen molar-refractivity contribution in [3.05, 3.63) is 29.6 Å². The van der Waals surface area contributed by atoms with Crippen molar-refractivity contribution in [3.8, 4) is 0 Å². The Kier molecular flexibility index (Phi) is 2.91. The summed E-state index contributed by atoms with van der Waals surface area (Å²) < 4.78 is 13.5. The zero-order valence-corrected chi connectivity index (χ0v) is 8.83. The maximum absolute atomic E-state index is 13.5. The number of anilines is 1. The summed E-state index contributed by atoms with van der Waals surface area (Å²) >= 11 is 0. The molecule has 1 saturated carbocycles. The van der Waals surface area contributed by atoms with Crippen LogP contribution in [0.4, 0.5) is 10.1 Å². The molecule has 1 aliphatic carbocycles. The Morgan fingerprint density at radius 2 is 2.20 bits per heavy atom. The third-order valence-corrected chi connectivity index (χ3v) is 2.94. The first kappa shape index (κ1) is 10.4. The van der Waals surface area contributed by atoms with Gasteiger partial charge in [-0.1, -0.05) is 6.07 Å². The molecule has 2 N–H and O–H groups in total. The highest BCUT2D eigenvalue weighted by molar-refractivity contribution is 5.47. The van der Waals surface area contributed by atoms with Gasteiger partial charge in [-0.2, -0.15) is 0 Å². The fourth-order valence-electron chi connectivity index (χ4n) is 2.05. The van der Waals surface area contributed by atoms with E-state index in [4.69, 9.17) is 0 Å². The Morgan fingerprint density at radius 3 is 2.80 bits per heavy atom. The number of aliphatic hydroxyl groups excluding tert-OH is 1. The minimum Gasteiger partial charge on any atom is -0.391 e. The average Bonchev–Trinajstić information content (AvgIpc) is 2.57. The van der Waals surface area contributed by atoms with Crippen LogP contribution in [-0.2, 0) is 0 Å². The number of aliphatic hydroxyl groups is 1. The van der Waals surface area contributed by atoms with E-state index in [1.165, 1.54) is 6.07 Å². The molecule has 0 spiro atoms. The minimum absolute atomic E-state index is 0.00204. The van der Waals surface area contributed by atoms with Gasteiger partial charge in [0.15, 0.2) is 0 Å². The van der Waals surface area contributed by atoms with Crippen LogP contribution in [0.2, 0.25) is 0 Å². The van der Waals surface area contributed by atoms with Crippen LogP contribution in [0, 0.1) is 12.7 Å². The van der Waals surface area contributed by atoms with E-state index in [-0.39, 0.29) is 18.0 Å². The van der Waals surface area contributed by atoms with Gasteiger partial charge in [-0.3, -0.25) is 0 Å². The van der Waals surface area contributed by atoms with Crippen molar-refractivity contribution in [1.29, 1.82) is 0 Å². The van der Waals surface area contributed by atoms with E-state index < -0.39 is 0 Å². The highest BCUT2D eigenvalue weighted by Crippen LogP contribution is 2.24. The maximum atomic E-state index is 13.5. The first-order chi connectivity index (χ1) is 7.16. The number of hydrogen-bond donors (Lipinski definition) is 2. The lowest BCUT2D eigenvalue weighted by atomic mass is 10.1. The molecule has 0 saturated heterocycles. The monoisotopic (exact) mass is 209 g/mol. The Balaban J connectivity index is 2.10. The van der Waals surface area contributed by atoms with Crippen LogP contribution in [0.25, 0.3) is 0 Å². The number of hydrogen-bond acceptors (Lipinski definition) is 2. The lowest BCUT2D eigenvalue weighted by Gasteiger charge is -2.18. The zero-order valence-electron chi connectivity index (χ0n) is 8.83. The van der Waals surface area contributed by atoms with Crippen molar-refractivity contribution in [2.75, 3.05) is 5.32 Å². The number of halogens is 1. The van der Waals surface area contributed by atoms with Gasteiger partial charge in [-0.15, -0.1) is 0 Å². The molecule has 0 aromatic heterocycles. The molecule has 2 atom stereocenters. The lowest BCUT2D eigenvalue weighted by Crippen LogP contribution is -2.28. The quantitative estimate of drug-likeness (QED) is 0.784. The molecule has 1 aromatic carbocycles. The van der Waals surface area contributed by atoms with Crippen molar-refractivity contribution in [1.82, 2.24) is 0 Å². The van der Waals surface area contributed by atoms with Gasteiger partial charge in [0.05, 0.1) is 17.8 Å². The lowest BCUT2D eigenvalue weighted by molar-refractivity contribution is 0.171. The Labute approximate surface area is 89.1 Å². The molecule has 1 fully saturated rings. The molecule has 0 heterocycles. The van der Waals surface area contributed by atoms with E-state index in [1.54, 1.807) is 6.07 Å². The van der Waals surface area contributed by atoms with Gasteiger partial charge in [0.25, 0.3) is 0 Å². The normalized spacial score (nSPS) is 25.5. The van der Waals surface area contributed by atoms with E-state index in [1.807, 2.05) is 13.0 Å². The second kappa shape index (κ2) is 4.19. The van der Waals surface area contributed by atoms with Crippen molar-refractivity contribution < 1.29 is 9.50 Å².